The van der Waals surface area contributed by atoms with E-state index in [1.165, 1.54) is 0 Å². The van der Waals surface area contributed by atoms with E-state index in [4.69, 9.17) is 9.47 Å². The molecule has 20 heavy (non-hydrogen) atoms. The Morgan fingerprint density at radius 2 is 1.80 bits per heavy atom. The van der Waals surface area contributed by atoms with Gasteiger partial charge in [-0.05, 0) is 32.8 Å². The standard InChI is InChI=1S/C17H29NO2/c1-13(2)12-20-16(11-18-17(3,4)5)14-9-7-8-10-15(14)19-6/h7-10,13,16,18H,11-12H2,1-6H3. The third-order valence-corrected chi connectivity index (χ3v) is 2.93. The van der Waals surface area contributed by atoms with E-state index in [2.05, 4.69) is 46.0 Å². The third-order valence-electron chi connectivity index (χ3n) is 2.93. The average molecular weight is 279 g/mol. The lowest BCUT2D eigenvalue weighted by Gasteiger charge is -2.27. The Bertz CT molecular complexity index is 396. The molecule has 0 saturated heterocycles. The predicted molar refractivity (Wildman–Crippen MR) is 84.3 cm³/mol. The molecule has 1 rings (SSSR count). The highest BCUT2D eigenvalue weighted by atomic mass is 16.5. The first-order valence-corrected chi connectivity index (χ1v) is 7.33. The number of hydrogen-bond donors (Lipinski definition) is 1. The first-order chi connectivity index (χ1) is 9.33. The molecule has 0 aliphatic rings. The van der Waals surface area contributed by atoms with Gasteiger partial charge in [-0.1, -0.05) is 32.0 Å². The number of nitrogens with one attached hydrogen (secondary N) is 1. The maximum Gasteiger partial charge on any atom is 0.124 e. The van der Waals surface area contributed by atoms with Crippen molar-refractivity contribution in [3.63, 3.8) is 0 Å². The molecule has 1 atom stereocenters. The van der Waals surface area contributed by atoms with Crippen LogP contribution in [0.15, 0.2) is 24.3 Å². The molecule has 0 spiro atoms. The van der Waals surface area contributed by atoms with Crippen LogP contribution >= 0.6 is 0 Å². The van der Waals surface area contributed by atoms with Gasteiger partial charge in [0.15, 0.2) is 0 Å². The lowest BCUT2D eigenvalue weighted by Crippen LogP contribution is -2.39. The minimum atomic E-state index is 0.00720. The summed E-state index contributed by atoms with van der Waals surface area (Å²) in [6, 6.07) is 8.08. The predicted octanol–water partition coefficient (Wildman–Crippen LogP) is 3.80. The summed E-state index contributed by atoms with van der Waals surface area (Å²) in [5.74, 6) is 1.40. The molecule has 114 valence electrons. The molecule has 0 aliphatic heterocycles. The second-order valence-electron chi connectivity index (χ2n) is 6.59. The van der Waals surface area contributed by atoms with Gasteiger partial charge in [0.2, 0.25) is 0 Å². The van der Waals surface area contributed by atoms with E-state index in [0.717, 1.165) is 24.5 Å². The molecule has 1 N–H and O–H groups in total. The fourth-order valence-electron chi connectivity index (χ4n) is 1.90. The van der Waals surface area contributed by atoms with Gasteiger partial charge in [0, 0.05) is 24.3 Å². The fourth-order valence-corrected chi connectivity index (χ4v) is 1.90. The minimum absolute atomic E-state index is 0.00720. The molecule has 0 saturated carbocycles. The SMILES string of the molecule is COc1ccccc1C(CNC(C)(C)C)OCC(C)C. The van der Waals surface area contributed by atoms with Crippen LogP contribution in [-0.2, 0) is 4.74 Å². The Labute approximate surface area is 123 Å². The van der Waals surface area contributed by atoms with Crippen molar-refractivity contribution in [2.75, 3.05) is 20.3 Å². The smallest absolute Gasteiger partial charge is 0.124 e. The molecule has 0 bridgehead atoms. The normalized spacial score (nSPS) is 13.6. The van der Waals surface area contributed by atoms with Gasteiger partial charge in [-0.15, -0.1) is 0 Å². The molecule has 1 unspecified atom stereocenters. The van der Waals surface area contributed by atoms with Crippen LogP contribution in [0.25, 0.3) is 0 Å². The van der Waals surface area contributed by atoms with Crippen LogP contribution in [-0.4, -0.2) is 25.8 Å². The van der Waals surface area contributed by atoms with E-state index in [1.807, 2.05) is 18.2 Å². The number of para-hydroxylation sites is 1. The zero-order chi connectivity index (χ0) is 15.2. The van der Waals surface area contributed by atoms with Gasteiger partial charge in [0.1, 0.15) is 5.75 Å². The fraction of sp³-hybridized carbons (Fsp3) is 0.647. The monoisotopic (exact) mass is 279 g/mol. The van der Waals surface area contributed by atoms with Crippen LogP contribution in [0, 0.1) is 5.92 Å². The van der Waals surface area contributed by atoms with E-state index >= 15 is 0 Å². The number of benzene rings is 1. The van der Waals surface area contributed by atoms with Crippen molar-refractivity contribution in [1.82, 2.24) is 5.32 Å². The third kappa shape index (κ3) is 5.93. The van der Waals surface area contributed by atoms with Gasteiger partial charge in [0.25, 0.3) is 0 Å². The van der Waals surface area contributed by atoms with E-state index in [-0.39, 0.29) is 11.6 Å². The zero-order valence-electron chi connectivity index (χ0n) is 13.7. The van der Waals surface area contributed by atoms with Gasteiger partial charge in [-0.25, -0.2) is 0 Å². The van der Waals surface area contributed by atoms with Crippen LogP contribution < -0.4 is 10.1 Å². The number of methoxy groups -OCH3 is 1. The summed E-state index contributed by atoms with van der Waals surface area (Å²) < 4.78 is 11.5. The highest BCUT2D eigenvalue weighted by Gasteiger charge is 2.19. The summed E-state index contributed by atoms with van der Waals surface area (Å²) in [6.07, 6.45) is 0.00720. The maximum atomic E-state index is 6.09. The topological polar surface area (TPSA) is 30.5 Å². The van der Waals surface area contributed by atoms with E-state index < -0.39 is 0 Å². The van der Waals surface area contributed by atoms with Crippen molar-refractivity contribution in [2.45, 2.75) is 46.3 Å². The van der Waals surface area contributed by atoms with Crippen LogP contribution in [0.2, 0.25) is 0 Å². The van der Waals surface area contributed by atoms with Gasteiger partial charge in [0.05, 0.1) is 13.2 Å². The second-order valence-corrected chi connectivity index (χ2v) is 6.59. The molecule has 0 aromatic heterocycles. The Kier molecular flexibility index (Phi) is 6.50. The lowest BCUT2D eigenvalue weighted by atomic mass is 10.0. The number of hydrogen-bond acceptors (Lipinski definition) is 3. The first kappa shape index (κ1) is 17.0. The van der Waals surface area contributed by atoms with Crippen molar-refractivity contribution < 1.29 is 9.47 Å². The van der Waals surface area contributed by atoms with Gasteiger partial charge < -0.3 is 14.8 Å². The van der Waals surface area contributed by atoms with Crippen LogP contribution in [0.5, 0.6) is 5.75 Å². The van der Waals surface area contributed by atoms with Crippen molar-refractivity contribution >= 4 is 0 Å². The lowest BCUT2D eigenvalue weighted by molar-refractivity contribution is 0.0301. The molecule has 0 amide bonds. The van der Waals surface area contributed by atoms with Crippen molar-refractivity contribution in [1.29, 1.82) is 0 Å². The molecule has 0 fully saturated rings. The largest absolute Gasteiger partial charge is 0.496 e. The summed E-state index contributed by atoms with van der Waals surface area (Å²) in [6.45, 7) is 12.3. The zero-order valence-corrected chi connectivity index (χ0v) is 13.7. The van der Waals surface area contributed by atoms with Crippen LogP contribution in [0.1, 0.15) is 46.3 Å². The summed E-state index contributed by atoms with van der Waals surface area (Å²) in [5.41, 5.74) is 1.17. The van der Waals surface area contributed by atoms with Gasteiger partial charge in [-0.2, -0.15) is 0 Å². The molecule has 0 heterocycles. The number of rotatable bonds is 7. The van der Waals surface area contributed by atoms with Gasteiger partial charge in [-0.3, -0.25) is 0 Å². The molecular formula is C17H29NO2. The van der Waals surface area contributed by atoms with Crippen LogP contribution in [0.4, 0.5) is 0 Å². The van der Waals surface area contributed by atoms with Crippen molar-refractivity contribution in [2.24, 2.45) is 5.92 Å². The van der Waals surface area contributed by atoms with Crippen molar-refractivity contribution in [3.05, 3.63) is 29.8 Å². The maximum absolute atomic E-state index is 6.09. The average Bonchev–Trinajstić information content (AvgIpc) is 2.37. The Morgan fingerprint density at radius 3 is 2.35 bits per heavy atom. The molecule has 3 heteroatoms. The second kappa shape index (κ2) is 7.65. The summed E-state index contributed by atoms with van der Waals surface area (Å²) in [7, 11) is 1.70. The van der Waals surface area contributed by atoms with E-state index in [1.54, 1.807) is 7.11 Å². The summed E-state index contributed by atoms with van der Waals surface area (Å²) >= 11 is 0. The first-order valence-electron chi connectivity index (χ1n) is 7.33. The molecule has 0 radical (unpaired) electrons. The Balaban J connectivity index is 2.85. The number of ether oxygens (including phenoxy) is 2. The van der Waals surface area contributed by atoms with Crippen LogP contribution in [0.3, 0.4) is 0 Å². The van der Waals surface area contributed by atoms with Gasteiger partial charge >= 0.3 is 0 Å². The van der Waals surface area contributed by atoms with Crippen molar-refractivity contribution in [3.8, 4) is 5.75 Å². The highest BCUT2D eigenvalue weighted by Crippen LogP contribution is 2.27. The Morgan fingerprint density at radius 1 is 1.15 bits per heavy atom. The Hall–Kier alpha value is -1.06. The molecular weight excluding hydrogens is 250 g/mol. The molecule has 0 aliphatic carbocycles. The summed E-state index contributed by atoms with van der Waals surface area (Å²) in [5, 5.41) is 3.51. The minimum Gasteiger partial charge on any atom is -0.496 e. The van der Waals surface area contributed by atoms with E-state index in [0.29, 0.717) is 5.92 Å². The highest BCUT2D eigenvalue weighted by molar-refractivity contribution is 5.35. The molecule has 1 aromatic rings. The summed E-state index contributed by atoms with van der Waals surface area (Å²) in [4.78, 5) is 0. The molecule has 3 nitrogen and oxygen atoms in total. The quantitative estimate of drug-likeness (QED) is 0.823. The van der Waals surface area contributed by atoms with E-state index in [9.17, 15) is 0 Å². The molecule has 1 aromatic carbocycles.